The highest BCUT2D eigenvalue weighted by Crippen LogP contribution is 2.20. The topological polar surface area (TPSA) is 56.8 Å². The third-order valence-corrected chi connectivity index (χ3v) is 6.27. The van der Waals surface area contributed by atoms with E-state index < -0.39 is 8.80 Å². The van der Waals surface area contributed by atoms with Gasteiger partial charge in [0.1, 0.15) is 0 Å². The number of carbonyl (C=O) groups excluding carboxylic acids is 1. The fraction of sp³-hybridized carbons (Fsp3) is 0.471. The summed E-state index contributed by atoms with van der Waals surface area (Å²) >= 11 is 0. The van der Waals surface area contributed by atoms with Crippen LogP contribution in [0.1, 0.15) is 26.3 Å². The van der Waals surface area contributed by atoms with Gasteiger partial charge in [-0.3, -0.25) is 4.79 Å². The molecular formula is C17H27NO4Si. The van der Waals surface area contributed by atoms with Gasteiger partial charge < -0.3 is 18.6 Å². The van der Waals surface area contributed by atoms with E-state index in [-0.39, 0.29) is 5.91 Å². The van der Waals surface area contributed by atoms with Crippen molar-refractivity contribution in [1.82, 2.24) is 0 Å². The molecule has 1 N–H and O–H groups in total. The smallest absolute Gasteiger partial charge is 0.374 e. The van der Waals surface area contributed by atoms with E-state index in [0.717, 1.165) is 23.7 Å². The molecule has 0 fully saturated rings. The summed E-state index contributed by atoms with van der Waals surface area (Å²) in [5, 5.41) is 2.73. The zero-order valence-corrected chi connectivity index (χ0v) is 15.3. The first-order chi connectivity index (χ1) is 11.1. The monoisotopic (exact) mass is 337 g/mol. The van der Waals surface area contributed by atoms with Crippen LogP contribution < -0.4 is 5.32 Å². The highest BCUT2D eigenvalue weighted by atomic mass is 28.4. The number of rotatable bonds is 11. The lowest BCUT2D eigenvalue weighted by Gasteiger charge is -2.28. The van der Waals surface area contributed by atoms with E-state index in [4.69, 9.17) is 13.3 Å². The van der Waals surface area contributed by atoms with Crippen LogP contribution in [0.2, 0.25) is 6.04 Å². The molecule has 0 spiro atoms. The van der Waals surface area contributed by atoms with Gasteiger partial charge >= 0.3 is 8.80 Å². The molecule has 0 aliphatic heterocycles. The molecule has 0 saturated heterocycles. The molecule has 1 amide bonds. The molecule has 0 bridgehead atoms. The summed E-state index contributed by atoms with van der Waals surface area (Å²) in [7, 11) is -2.61. The summed E-state index contributed by atoms with van der Waals surface area (Å²) in [5.41, 5.74) is 1.90. The zero-order chi connectivity index (χ0) is 17.1. The largest absolute Gasteiger partial charge is 0.501 e. The SMILES string of the molecule is C=CC(=O)Nc1ccc(CC[Si](OCC)(OCC)OCC)cc1. The second kappa shape index (κ2) is 10.3. The number of benzene rings is 1. The highest BCUT2D eigenvalue weighted by Gasteiger charge is 2.39. The molecule has 0 radical (unpaired) electrons. The molecule has 0 aromatic heterocycles. The van der Waals surface area contributed by atoms with Crippen LogP contribution >= 0.6 is 0 Å². The second-order valence-corrected chi connectivity index (χ2v) is 7.60. The third-order valence-electron chi connectivity index (χ3n) is 3.22. The fourth-order valence-electron chi connectivity index (χ4n) is 2.25. The Hall–Kier alpha value is -1.47. The number of anilines is 1. The molecule has 128 valence electrons. The minimum absolute atomic E-state index is 0.215. The van der Waals surface area contributed by atoms with Crippen molar-refractivity contribution >= 4 is 20.4 Å². The van der Waals surface area contributed by atoms with E-state index in [1.165, 1.54) is 6.08 Å². The van der Waals surface area contributed by atoms with Gasteiger partial charge in [-0.1, -0.05) is 18.7 Å². The molecule has 0 aliphatic carbocycles. The van der Waals surface area contributed by atoms with E-state index >= 15 is 0 Å². The van der Waals surface area contributed by atoms with Crippen molar-refractivity contribution in [2.24, 2.45) is 0 Å². The van der Waals surface area contributed by atoms with E-state index in [1.807, 2.05) is 45.0 Å². The lowest BCUT2D eigenvalue weighted by molar-refractivity contribution is -0.111. The van der Waals surface area contributed by atoms with Crippen LogP contribution in [0, 0.1) is 0 Å². The Kier molecular flexibility index (Phi) is 8.79. The predicted molar refractivity (Wildman–Crippen MR) is 94.4 cm³/mol. The molecule has 6 heteroatoms. The Bertz CT molecular complexity index is 473. The van der Waals surface area contributed by atoms with Crippen LogP contribution in [-0.2, 0) is 24.5 Å². The van der Waals surface area contributed by atoms with Gasteiger partial charge in [0.15, 0.2) is 0 Å². The standard InChI is InChI=1S/C17H27NO4Si/c1-5-17(19)18-16-11-9-15(10-12-16)13-14-23(20-6-2,21-7-3)22-8-4/h5,9-12H,1,6-8,13-14H2,2-4H3,(H,18,19). The molecule has 0 atom stereocenters. The Morgan fingerprint density at radius 3 is 2.04 bits per heavy atom. The van der Waals surface area contributed by atoms with Gasteiger partial charge in [0, 0.05) is 31.6 Å². The van der Waals surface area contributed by atoms with Gasteiger partial charge in [-0.05, 0) is 51.0 Å². The van der Waals surface area contributed by atoms with Crippen molar-refractivity contribution in [2.75, 3.05) is 25.1 Å². The van der Waals surface area contributed by atoms with Crippen molar-refractivity contribution < 1.29 is 18.1 Å². The van der Waals surface area contributed by atoms with Crippen molar-refractivity contribution in [2.45, 2.75) is 33.2 Å². The van der Waals surface area contributed by atoms with Crippen LogP contribution in [0.4, 0.5) is 5.69 Å². The number of aryl methyl sites for hydroxylation is 1. The normalized spacial score (nSPS) is 11.3. The first-order valence-electron chi connectivity index (χ1n) is 8.03. The van der Waals surface area contributed by atoms with Gasteiger partial charge in [-0.15, -0.1) is 0 Å². The Morgan fingerprint density at radius 2 is 1.61 bits per heavy atom. The average Bonchev–Trinajstić information content (AvgIpc) is 2.55. The molecule has 5 nitrogen and oxygen atoms in total. The summed E-state index contributed by atoms with van der Waals surface area (Å²) in [6.07, 6.45) is 2.06. The van der Waals surface area contributed by atoms with Crippen molar-refractivity contribution in [3.05, 3.63) is 42.5 Å². The first-order valence-corrected chi connectivity index (χ1v) is 9.96. The summed E-state index contributed by atoms with van der Waals surface area (Å²) in [4.78, 5) is 11.3. The number of amides is 1. The number of carbonyl (C=O) groups is 1. The van der Waals surface area contributed by atoms with Gasteiger partial charge in [0.2, 0.25) is 5.91 Å². The quantitative estimate of drug-likeness (QED) is 0.497. The Labute approximate surface area is 140 Å². The molecule has 0 saturated carbocycles. The molecule has 23 heavy (non-hydrogen) atoms. The molecule has 1 aromatic carbocycles. The maximum atomic E-state index is 11.3. The summed E-state index contributed by atoms with van der Waals surface area (Å²) < 4.78 is 17.5. The zero-order valence-electron chi connectivity index (χ0n) is 14.3. The Morgan fingerprint density at radius 1 is 1.09 bits per heavy atom. The highest BCUT2D eigenvalue weighted by molar-refractivity contribution is 6.60. The summed E-state index contributed by atoms with van der Waals surface area (Å²) in [6, 6.07) is 8.47. The molecule has 0 unspecified atom stereocenters. The summed E-state index contributed by atoms with van der Waals surface area (Å²) in [6.45, 7) is 11.0. The number of nitrogens with one attached hydrogen (secondary N) is 1. The van der Waals surface area contributed by atoms with E-state index in [9.17, 15) is 4.79 Å². The van der Waals surface area contributed by atoms with Gasteiger partial charge in [-0.25, -0.2) is 0 Å². The van der Waals surface area contributed by atoms with Gasteiger partial charge in [-0.2, -0.15) is 0 Å². The van der Waals surface area contributed by atoms with Gasteiger partial charge in [0.25, 0.3) is 0 Å². The minimum Gasteiger partial charge on any atom is -0.374 e. The molecule has 1 aromatic rings. The van der Waals surface area contributed by atoms with E-state index in [2.05, 4.69) is 11.9 Å². The number of hydrogen-bond donors (Lipinski definition) is 1. The van der Waals surface area contributed by atoms with Crippen LogP contribution in [0.15, 0.2) is 36.9 Å². The van der Waals surface area contributed by atoms with Gasteiger partial charge in [0.05, 0.1) is 0 Å². The van der Waals surface area contributed by atoms with Crippen LogP contribution in [0.5, 0.6) is 0 Å². The number of hydrogen-bond acceptors (Lipinski definition) is 4. The fourth-order valence-corrected chi connectivity index (χ4v) is 4.84. The molecule has 0 aliphatic rings. The van der Waals surface area contributed by atoms with Crippen molar-refractivity contribution in [1.29, 1.82) is 0 Å². The summed E-state index contributed by atoms with van der Waals surface area (Å²) in [5.74, 6) is -0.215. The second-order valence-electron chi connectivity index (χ2n) is 4.87. The van der Waals surface area contributed by atoms with Crippen molar-refractivity contribution in [3.8, 4) is 0 Å². The molecule has 0 heterocycles. The maximum absolute atomic E-state index is 11.3. The van der Waals surface area contributed by atoms with Crippen molar-refractivity contribution in [3.63, 3.8) is 0 Å². The van der Waals surface area contributed by atoms with E-state index in [0.29, 0.717) is 19.8 Å². The first kappa shape index (κ1) is 19.6. The van der Waals surface area contributed by atoms with E-state index in [1.54, 1.807) is 0 Å². The Balaban J connectivity index is 2.69. The molecule has 1 rings (SSSR count). The molecular weight excluding hydrogens is 310 g/mol. The van der Waals surface area contributed by atoms with Crippen LogP contribution in [0.25, 0.3) is 0 Å². The lowest BCUT2D eigenvalue weighted by atomic mass is 10.1. The lowest BCUT2D eigenvalue weighted by Crippen LogP contribution is -2.46. The minimum atomic E-state index is -2.61. The maximum Gasteiger partial charge on any atom is 0.501 e. The van der Waals surface area contributed by atoms with Crippen LogP contribution in [0.3, 0.4) is 0 Å². The van der Waals surface area contributed by atoms with Crippen LogP contribution in [-0.4, -0.2) is 34.5 Å². The average molecular weight is 337 g/mol. The predicted octanol–water partition coefficient (Wildman–Crippen LogP) is 3.40. The third kappa shape index (κ3) is 6.66.